The number of halogens is 2. The zero-order valence-electron chi connectivity index (χ0n) is 8.98. The lowest BCUT2D eigenvalue weighted by atomic mass is 10.0. The van der Waals surface area contributed by atoms with Gasteiger partial charge < -0.3 is 9.84 Å². The first kappa shape index (κ1) is 11.6. The summed E-state index contributed by atoms with van der Waals surface area (Å²) in [7, 11) is 0. The van der Waals surface area contributed by atoms with Crippen molar-refractivity contribution in [2.45, 2.75) is 19.5 Å². The zero-order valence-corrected chi connectivity index (χ0v) is 8.98. The lowest BCUT2D eigenvalue weighted by Gasteiger charge is -2.24. The Labute approximate surface area is 96.3 Å². The number of ether oxygens (including phenoxy) is 1. The van der Waals surface area contributed by atoms with Crippen molar-refractivity contribution in [3.8, 4) is 5.75 Å². The molecule has 0 bridgehead atoms. The number of carbonyl (C=O) groups is 1. The monoisotopic (exact) mass is 240 g/mol. The summed E-state index contributed by atoms with van der Waals surface area (Å²) in [4.78, 5) is 10.9. The molecule has 1 aromatic carbocycles. The number of aryl methyl sites for hydroxylation is 1. The van der Waals surface area contributed by atoms with E-state index in [2.05, 4.69) is 0 Å². The van der Waals surface area contributed by atoms with Crippen LogP contribution in [0.4, 0.5) is 8.78 Å². The maximum Gasteiger partial charge on any atom is 0.335 e. The van der Waals surface area contributed by atoms with Gasteiger partial charge in [-0.3, -0.25) is 0 Å². The van der Waals surface area contributed by atoms with Crippen molar-refractivity contribution in [1.82, 2.24) is 0 Å². The van der Waals surface area contributed by atoms with Crippen molar-refractivity contribution in [1.29, 1.82) is 0 Å². The van der Waals surface area contributed by atoms with Crippen molar-refractivity contribution in [2.75, 3.05) is 0 Å². The number of aliphatic carboxylic acids is 1. The molecule has 1 N–H and O–H groups in total. The molecule has 0 amide bonds. The molecule has 1 unspecified atom stereocenters. The highest BCUT2D eigenvalue weighted by molar-refractivity contribution is 5.94. The van der Waals surface area contributed by atoms with Gasteiger partial charge in [0.15, 0.2) is 6.10 Å². The Kier molecular flexibility index (Phi) is 2.83. The molecule has 1 aromatic rings. The van der Waals surface area contributed by atoms with Crippen LogP contribution in [0.3, 0.4) is 0 Å². The number of alkyl halides is 2. The SMILES string of the molecule is Cc1ccc2c(c1)C=C(C(=O)O)C(C(F)F)O2. The second kappa shape index (κ2) is 4.16. The molecule has 1 aliphatic rings. The normalized spacial score (nSPS) is 18.4. The quantitative estimate of drug-likeness (QED) is 0.863. The van der Waals surface area contributed by atoms with E-state index < -0.39 is 24.1 Å². The van der Waals surface area contributed by atoms with Crippen molar-refractivity contribution in [3.05, 3.63) is 34.9 Å². The zero-order chi connectivity index (χ0) is 12.6. The van der Waals surface area contributed by atoms with Crippen LogP contribution in [0.2, 0.25) is 0 Å². The molecule has 0 saturated carbocycles. The fourth-order valence-electron chi connectivity index (χ4n) is 1.71. The van der Waals surface area contributed by atoms with Crippen LogP contribution in [0, 0.1) is 6.92 Å². The molecule has 3 nitrogen and oxygen atoms in total. The van der Waals surface area contributed by atoms with E-state index in [4.69, 9.17) is 9.84 Å². The first-order chi connectivity index (χ1) is 7.99. The van der Waals surface area contributed by atoms with E-state index in [1.165, 1.54) is 6.08 Å². The largest absolute Gasteiger partial charge is 0.479 e. The van der Waals surface area contributed by atoms with Crippen molar-refractivity contribution in [3.63, 3.8) is 0 Å². The Hall–Kier alpha value is -1.91. The molecule has 17 heavy (non-hydrogen) atoms. The molecule has 0 fully saturated rings. The highest BCUT2D eigenvalue weighted by Crippen LogP contribution is 2.32. The van der Waals surface area contributed by atoms with Gasteiger partial charge in [0.2, 0.25) is 0 Å². The van der Waals surface area contributed by atoms with E-state index in [1.54, 1.807) is 18.2 Å². The summed E-state index contributed by atoms with van der Waals surface area (Å²) in [6, 6.07) is 4.98. The second-order valence-corrected chi connectivity index (χ2v) is 3.82. The Morgan fingerprint density at radius 2 is 2.18 bits per heavy atom. The lowest BCUT2D eigenvalue weighted by Crippen LogP contribution is -2.33. The van der Waals surface area contributed by atoms with Crippen LogP contribution in [-0.2, 0) is 4.79 Å². The van der Waals surface area contributed by atoms with Crippen LogP contribution >= 0.6 is 0 Å². The summed E-state index contributed by atoms with van der Waals surface area (Å²) in [5.41, 5.74) is 1.00. The van der Waals surface area contributed by atoms with E-state index in [9.17, 15) is 13.6 Å². The van der Waals surface area contributed by atoms with Crippen molar-refractivity contribution >= 4 is 12.0 Å². The van der Waals surface area contributed by atoms with Gasteiger partial charge in [-0.2, -0.15) is 0 Å². The van der Waals surface area contributed by atoms with Gasteiger partial charge in [-0.05, 0) is 25.1 Å². The summed E-state index contributed by atoms with van der Waals surface area (Å²) < 4.78 is 30.4. The number of carboxylic acid groups (broad SMARTS) is 1. The third-order valence-corrected chi connectivity index (χ3v) is 2.51. The number of benzene rings is 1. The summed E-state index contributed by atoms with van der Waals surface area (Å²) in [6.45, 7) is 1.83. The summed E-state index contributed by atoms with van der Waals surface area (Å²) in [5, 5.41) is 8.87. The topological polar surface area (TPSA) is 46.5 Å². The van der Waals surface area contributed by atoms with Crippen LogP contribution in [0.15, 0.2) is 23.8 Å². The Bertz CT molecular complexity index is 495. The van der Waals surface area contributed by atoms with Crippen LogP contribution in [0.5, 0.6) is 5.75 Å². The van der Waals surface area contributed by atoms with E-state index >= 15 is 0 Å². The van der Waals surface area contributed by atoms with Gasteiger partial charge in [0.1, 0.15) is 5.75 Å². The van der Waals surface area contributed by atoms with E-state index in [0.29, 0.717) is 5.56 Å². The van der Waals surface area contributed by atoms with E-state index in [0.717, 1.165) is 5.56 Å². The molecule has 0 spiro atoms. The van der Waals surface area contributed by atoms with Gasteiger partial charge in [0.25, 0.3) is 6.43 Å². The molecule has 0 radical (unpaired) electrons. The summed E-state index contributed by atoms with van der Waals surface area (Å²) in [6.07, 6.45) is -3.33. The third kappa shape index (κ3) is 2.13. The highest BCUT2D eigenvalue weighted by atomic mass is 19.3. The molecule has 2 rings (SSSR count). The van der Waals surface area contributed by atoms with Gasteiger partial charge in [0, 0.05) is 5.56 Å². The van der Waals surface area contributed by atoms with Crippen LogP contribution < -0.4 is 4.74 Å². The maximum absolute atomic E-state index is 12.7. The fourth-order valence-corrected chi connectivity index (χ4v) is 1.71. The fraction of sp³-hybridized carbons (Fsp3) is 0.250. The van der Waals surface area contributed by atoms with Gasteiger partial charge in [-0.15, -0.1) is 0 Å². The van der Waals surface area contributed by atoms with Gasteiger partial charge in [-0.25, -0.2) is 13.6 Å². The van der Waals surface area contributed by atoms with E-state index in [-0.39, 0.29) is 5.75 Å². The minimum absolute atomic E-state index is 0.283. The smallest absolute Gasteiger partial charge is 0.335 e. The first-order valence-corrected chi connectivity index (χ1v) is 4.99. The molecule has 0 aliphatic carbocycles. The summed E-state index contributed by atoms with van der Waals surface area (Å²) >= 11 is 0. The number of carboxylic acids is 1. The summed E-state index contributed by atoms with van der Waals surface area (Å²) in [5.74, 6) is -1.10. The lowest BCUT2D eigenvalue weighted by molar-refractivity contribution is -0.134. The number of rotatable bonds is 2. The Morgan fingerprint density at radius 3 is 2.76 bits per heavy atom. The molecule has 1 aliphatic heterocycles. The van der Waals surface area contributed by atoms with Crippen molar-refractivity contribution in [2.24, 2.45) is 0 Å². The van der Waals surface area contributed by atoms with Gasteiger partial charge >= 0.3 is 5.97 Å². The molecular formula is C12H10F2O3. The van der Waals surface area contributed by atoms with Gasteiger partial charge in [0.05, 0.1) is 5.57 Å². The molecule has 1 atom stereocenters. The number of fused-ring (bicyclic) bond motifs is 1. The average Bonchev–Trinajstić information content (AvgIpc) is 2.26. The second-order valence-electron chi connectivity index (χ2n) is 3.82. The average molecular weight is 240 g/mol. The molecule has 1 heterocycles. The predicted molar refractivity (Wildman–Crippen MR) is 57.2 cm³/mol. The maximum atomic E-state index is 12.7. The molecule has 0 saturated heterocycles. The van der Waals surface area contributed by atoms with Crippen molar-refractivity contribution < 1.29 is 23.4 Å². The first-order valence-electron chi connectivity index (χ1n) is 4.99. The third-order valence-electron chi connectivity index (χ3n) is 2.51. The van der Waals surface area contributed by atoms with Gasteiger partial charge in [-0.1, -0.05) is 11.6 Å². The van der Waals surface area contributed by atoms with E-state index in [1.807, 2.05) is 6.92 Å². The van der Waals surface area contributed by atoms with Crippen LogP contribution in [0.1, 0.15) is 11.1 Å². The molecule has 5 heteroatoms. The standard InChI is InChI=1S/C12H10F2O3/c1-6-2-3-9-7(4-6)5-8(12(15)16)10(17-9)11(13)14/h2-5,10-11H,1H3,(H,15,16). The minimum Gasteiger partial charge on any atom is -0.479 e. The van der Waals surface area contributed by atoms with Crippen LogP contribution in [0.25, 0.3) is 6.08 Å². The predicted octanol–water partition coefficient (Wildman–Crippen LogP) is 2.49. The minimum atomic E-state index is -2.87. The highest BCUT2D eigenvalue weighted by Gasteiger charge is 2.34. The number of hydrogen-bond donors (Lipinski definition) is 1. The Balaban J connectivity index is 2.50. The Morgan fingerprint density at radius 1 is 1.47 bits per heavy atom. The molecule has 90 valence electrons. The molecule has 0 aromatic heterocycles. The van der Waals surface area contributed by atoms with Crippen LogP contribution in [-0.4, -0.2) is 23.6 Å². The molecular weight excluding hydrogens is 230 g/mol. The number of hydrogen-bond acceptors (Lipinski definition) is 2.